The molecule has 0 atom stereocenters. The van der Waals surface area contributed by atoms with E-state index in [2.05, 4.69) is 44.4 Å². The fraction of sp³-hybridized carbons (Fsp3) is 0.600. The molecule has 3 heteroatoms. The van der Waals surface area contributed by atoms with Gasteiger partial charge in [-0.15, -0.1) is 0 Å². The van der Waals surface area contributed by atoms with Crippen molar-refractivity contribution in [3.63, 3.8) is 0 Å². The molecule has 0 saturated heterocycles. The highest BCUT2D eigenvalue weighted by Gasteiger charge is 2.39. The number of fused-ring (bicyclic) bond motifs is 1. The molecule has 0 unspecified atom stereocenters. The molecular formula is C15H24N2O. The number of hydrogen-bond donors (Lipinski definition) is 2. The zero-order valence-electron chi connectivity index (χ0n) is 12.1. The third-order valence-electron chi connectivity index (χ3n) is 4.17. The quantitative estimate of drug-likeness (QED) is 0.836. The fourth-order valence-electron chi connectivity index (χ4n) is 2.13. The van der Waals surface area contributed by atoms with E-state index in [1.165, 1.54) is 0 Å². The largest absolute Gasteiger partial charge is 0.492 e. The van der Waals surface area contributed by atoms with E-state index in [9.17, 15) is 0 Å². The van der Waals surface area contributed by atoms with Crippen LogP contribution in [0.3, 0.4) is 0 Å². The van der Waals surface area contributed by atoms with E-state index in [0.717, 1.165) is 23.7 Å². The van der Waals surface area contributed by atoms with E-state index in [1.807, 2.05) is 19.1 Å². The van der Waals surface area contributed by atoms with E-state index in [4.69, 9.17) is 4.74 Å². The summed E-state index contributed by atoms with van der Waals surface area (Å²) in [6, 6.07) is 6.16. The summed E-state index contributed by atoms with van der Waals surface area (Å²) in [5.74, 6) is 0.927. The maximum absolute atomic E-state index is 5.69. The molecule has 0 fully saturated rings. The summed E-state index contributed by atoms with van der Waals surface area (Å²) in [5, 5.41) is 7.18. The van der Waals surface area contributed by atoms with Crippen molar-refractivity contribution in [2.45, 2.75) is 40.2 Å². The fourth-order valence-corrected chi connectivity index (χ4v) is 2.13. The van der Waals surface area contributed by atoms with Gasteiger partial charge in [0.05, 0.1) is 12.3 Å². The predicted octanol–water partition coefficient (Wildman–Crippen LogP) is 3.73. The molecule has 3 nitrogen and oxygen atoms in total. The van der Waals surface area contributed by atoms with Crippen molar-refractivity contribution in [3.05, 3.63) is 18.2 Å². The van der Waals surface area contributed by atoms with E-state index in [-0.39, 0.29) is 11.0 Å². The van der Waals surface area contributed by atoms with Gasteiger partial charge >= 0.3 is 0 Å². The van der Waals surface area contributed by atoms with E-state index in [0.29, 0.717) is 6.61 Å². The summed E-state index contributed by atoms with van der Waals surface area (Å²) < 4.78 is 5.69. The Labute approximate surface area is 110 Å². The van der Waals surface area contributed by atoms with Gasteiger partial charge in [0.1, 0.15) is 11.4 Å². The molecule has 1 aliphatic heterocycles. The minimum atomic E-state index is 0.0239. The monoisotopic (exact) mass is 248 g/mol. The number of nitrogens with one attached hydrogen (secondary N) is 2. The first-order valence-electron chi connectivity index (χ1n) is 6.65. The van der Waals surface area contributed by atoms with Crippen molar-refractivity contribution in [1.29, 1.82) is 0 Å². The van der Waals surface area contributed by atoms with Gasteiger partial charge in [-0.25, -0.2) is 0 Å². The van der Waals surface area contributed by atoms with Crippen molar-refractivity contribution in [1.82, 2.24) is 0 Å². The minimum Gasteiger partial charge on any atom is -0.492 e. The highest BCUT2D eigenvalue weighted by Crippen LogP contribution is 2.42. The highest BCUT2D eigenvalue weighted by atomic mass is 16.5. The first-order valence-corrected chi connectivity index (χ1v) is 6.65. The summed E-state index contributed by atoms with van der Waals surface area (Å²) >= 11 is 0. The number of anilines is 2. The number of rotatable bonds is 2. The van der Waals surface area contributed by atoms with Crippen molar-refractivity contribution < 1.29 is 4.74 Å². The Hall–Kier alpha value is -1.38. The third kappa shape index (κ3) is 2.14. The van der Waals surface area contributed by atoms with Crippen LogP contribution in [-0.4, -0.2) is 18.7 Å². The first kappa shape index (κ1) is 13.1. The lowest BCUT2D eigenvalue weighted by Gasteiger charge is -2.40. The topological polar surface area (TPSA) is 33.3 Å². The van der Waals surface area contributed by atoms with E-state index in [1.54, 1.807) is 0 Å². The van der Waals surface area contributed by atoms with Gasteiger partial charge in [-0.1, -0.05) is 19.9 Å². The number of para-hydroxylation sites is 1. The average Bonchev–Trinajstić information content (AvgIpc) is 2.35. The molecule has 0 saturated carbocycles. The summed E-state index contributed by atoms with van der Waals surface area (Å²) in [5.41, 5.74) is 2.38. The van der Waals surface area contributed by atoms with Crippen LogP contribution in [-0.2, 0) is 0 Å². The predicted molar refractivity (Wildman–Crippen MR) is 77.6 cm³/mol. The molecule has 1 aromatic rings. The van der Waals surface area contributed by atoms with Crippen molar-refractivity contribution in [3.8, 4) is 5.75 Å². The Morgan fingerprint density at radius 3 is 2.61 bits per heavy atom. The molecule has 0 aliphatic carbocycles. The van der Waals surface area contributed by atoms with Gasteiger partial charge in [-0.3, -0.25) is 0 Å². The Kier molecular flexibility index (Phi) is 3.18. The van der Waals surface area contributed by atoms with E-state index < -0.39 is 0 Å². The van der Waals surface area contributed by atoms with Gasteiger partial charge in [0, 0.05) is 17.5 Å². The van der Waals surface area contributed by atoms with Crippen LogP contribution in [0.15, 0.2) is 18.2 Å². The van der Waals surface area contributed by atoms with Gasteiger partial charge in [0.15, 0.2) is 0 Å². The second-order valence-electron chi connectivity index (χ2n) is 6.10. The first-order chi connectivity index (χ1) is 8.37. The maximum atomic E-state index is 5.69. The van der Waals surface area contributed by atoms with Crippen LogP contribution < -0.4 is 15.4 Å². The molecule has 0 bridgehead atoms. The van der Waals surface area contributed by atoms with Crippen LogP contribution in [0.4, 0.5) is 11.4 Å². The van der Waals surface area contributed by atoms with Gasteiger partial charge in [-0.2, -0.15) is 0 Å². The zero-order chi connectivity index (χ0) is 13.4. The Bertz CT molecular complexity index is 438. The summed E-state index contributed by atoms with van der Waals surface area (Å²) in [6.45, 7) is 12.7. The average molecular weight is 248 g/mol. The van der Waals surface area contributed by atoms with Gasteiger partial charge in [0.25, 0.3) is 0 Å². The second-order valence-corrected chi connectivity index (χ2v) is 6.10. The summed E-state index contributed by atoms with van der Waals surface area (Å²) in [6.07, 6.45) is 0. The molecule has 1 heterocycles. The maximum Gasteiger partial charge on any atom is 0.144 e. The lowest BCUT2D eigenvalue weighted by Crippen LogP contribution is -2.47. The molecule has 1 aromatic carbocycles. The van der Waals surface area contributed by atoms with Crippen LogP contribution in [0.25, 0.3) is 0 Å². The number of hydrogen-bond acceptors (Lipinski definition) is 3. The zero-order valence-corrected chi connectivity index (χ0v) is 12.1. The molecule has 0 amide bonds. The van der Waals surface area contributed by atoms with Crippen LogP contribution >= 0.6 is 0 Å². The number of ether oxygens (including phenoxy) is 1. The highest BCUT2D eigenvalue weighted by molar-refractivity contribution is 5.77. The van der Waals surface area contributed by atoms with E-state index >= 15 is 0 Å². The Morgan fingerprint density at radius 1 is 1.22 bits per heavy atom. The molecule has 2 rings (SSSR count). The molecule has 18 heavy (non-hydrogen) atoms. The molecule has 0 spiro atoms. The van der Waals surface area contributed by atoms with Crippen molar-refractivity contribution >= 4 is 11.4 Å². The number of benzene rings is 1. The Morgan fingerprint density at radius 2 is 1.94 bits per heavy atom. The van der Waals surface area contributed by atoms with Crippen LogP contribution in [0.2, 0.25) is 0 Å². The smallest absolute Gasteiger partial charge is 0.144 e. The molecule has 0 radical (unpaired) electrons. The molecule has 1 aliphatic rings. The molecule has 100 valence electrons. The third-order valence-corrected chi connectivity index (χ3v) is 4.17. The normalized spacial score (nSPS) is 20.1. The lowest BCUT2D eigenvalue weighted by atomic mass is 9.74. The Balaban J connectivity index is 2.43. The molecule has 0 aromatic heterocycles. The second kappa shape index (κ2) is 4.38. The van der Waals surface area contributed by atoms with Crippen LogP contribution in [0, 0.1) is 5.41 Å². The van der Waals surface area contributed by atoms with Crippen molar-refractivity contribution in [2.24, 2.45) is 5.41 Å². The summed E-state index contributed by atoms with van der Waals surface area (Å²) in [7, 11) is 0. The molecule has 2 N–H and O–H groups in total. The SMILES string of the molecule is CCOc1cccc2c1NCC(C)(C)C(C)(C)N2. The van der Waals surface area contributed by atoms with Crippen molar-refractivity contribution in [2.75, 3.05) is 23.8 Å². The van der Waals surface area contributed by atoms with Crippen LogP contribution in [0.5, 0.6) is 5.75 Å². The van der Waals surface area contributed by atoms with Gasteiger partial charge < -0.3 is 15.4 Å². The lowest BCUT2D eigenvalue weighted by molar-refractivity contribution is 0.245. The van der Waals surface area contributed by atoms with Gasteiger partial charge in [0.2, 0.25) is 0 Å². The summed E-state index contributed by atoms with van der Waals surface area (Å²) in [4.78, 5) is 0. The minimum absolute atomic E-state index is 0.0239. The molecular weight excluding hydrogens is 224 g/mol. The van der Waals surface area contributed by atoms with Crippen LogP contribution in [0.1, 0.15) is 34.6 Å². The van der Waals surface area contributed by atoms with Gasteiger partial charge in [-0.05, 0) is 32.9 Å². The standard InChI is InChI=1S/C15H24N2O/c1-6-18-12-9-7-8-11-13(12)16-10-14(2,3)15(4,5)17-11/h7-9,16-17H,6,10H2,1-5H3.